The molecule has 0 radical (unpaired) electrons. The summed E-state index contributed by atoms with van der Waals surface area (Å²) in [5.74, 6) is -11.3. The Bertz CT molecular complexity index is 1580. The van der Waals surface area contributed by atoms with Crippen LogP contribution in [0.25, 0.3) is 11.1 Å². The maximum atomic E-state index is 14.0. The predicted octanol–water partition coefficient (Wildman–Crippen LogP) is 0.300. The molecule has 3 aliphatic rings. The van der Waals surface area contributed by atoms with E-state index < -0.39 is 64.4 Å². The summed E-state index contributed by atoms with van der Waals surface area (Å²) in [5, 5.41) is 25.4. The SMILES string of the molecule is COCCCNC(=O)c1cccc(-c2ccc(O)c3c2C[C@H]2C[C@H]4[C@H](N(C)C)C(=O)C(C(N)=O)C(=O)[C@@]4(O)C(=O)C2C3=O)c1. The molecule has 0 aliphatic heterocycles. The van der Waals surface area contributed by atoms with Crippen LogP contribution in [0, 0.1) is 23.7 Å². The van der Waals surface area contributed by atoms with Gasteiger partial charge in [0.25, 0.3) is 5.91 Å². The number of benzene rings is 2. The molecule has 5 rings (SSSR count). The molecule has 0 aromatic heterocycles. The van der Waals surface area contributed by atoms with Gasteiger partial charge in [-0.05, 0) is 74.2 Å². The number of ketones is 4. The number of Topliss-reactive ketones (excluding diaryl/α,β-unsaturated/α-hetero) is 4. The molecule has 0 saturated heterocycles. The van der Waals surface area contributed by atoms with Crippen LogP contribution in [0.15, 0.2) is 36.4 Å². The van der Waals surface area contributed by atoms with E-state index in [1.165, 1.54) is 25.1 Å². The van der Waals surface area contributed by atoms with Crippen molar-refractivity contribution < 1.29 is 43.7 Å². The van der Waals surface area contributed by atoms with Gasteiger partial charge in [-0.1, -0.05) is 18.2 Å². The number of carbonyl (C=O) groups excluding carboxylic acids is 6. The summed E-state index contributed by atoms with van der Waals surface area (Å²) < 4.78 is 5.01. The summed E-state index contributed by atoms with van der Waals surface area (Å²) in [5.41, 5.74) is 4.49. The number of nitrogens with zero attached hydrogens (tertiary/aromatic N) is 1. The molecule has 12 heteroatoms. The number of ether oxygens (including phenoxy) is 1. The molecule has 3 aliphatic carbocycles. The van der Waals surface area contributed by atoms with E-state index in [4.69, 9.17) is 10.5 Å². The fourth-order valence-corrected chi connectivity index (χ4v) is 7.22. The quantitative estimate of drug-likeness (QED) is 0.240. The van der Waals surface area contributed by atoms with Gasteiger partial charge < -0.3 is 26.0 Å². The number of methoxy groups -OCH3 is 1. The molecule has 0 spiro atoms. The highest BCUT2D eigenvalue weighted by Gasteiger charge is 2.69. The first kappa shape index (κ1) is 31.2. The van der Waals surface area contributed by atoms with Crippen molar-refractivity contribution in [3.05, 3.63) is 53.1 Å². The topological polar surface area (TPSA) is 193 Å². The summed E-state index contributed by atoms with van der Waals surface area (Å²) in [6, 6.07) is 8.56. The Balaban J connectivity index is 1.55. The van der Waals surface area contributed by atoms with Crippen LogP contribution in [0.1, 0.15) is 39.1 Å². The van der Waals surface area contributed by atoms with Crippen molar-refractivity contribution in [3.63, 3.8) is 0 Å². The summed E-state index contributed by atoms with van der Waals surface area (Å²) in [6.45, 7) is 0.921. The van der Waals surface area contributed by atoms with Crippen molar-refractivity contribution >= 4 is 34.9 Å². The number of amides is 2. The number of carbonyl (C=O) groups is 6. The van der Waals surface area contributed by atoms with E-state index in [2.05, 4.69) is 5.32 Å². The van der Waals surface area contributed by atoms with E-state index in [9.17, 15) is 39.0 Å². The maximum Gasteiger partial charge on any atom is 0.251 e. The first-order valence-corrected chi connectivity index (χ1v) is 14.4. The van der Waals surface area contributed by atoms with Gasteiger partial charge in [0.15, 0.2) is 34.7 Å². The number of primary amides is 1. The molecule has 44 heavy (non-hydrogen) atoms. The van der Waals surface area contributed by atoms with Crippen LogP contribution in [0.2, 0.25) is 0 Å². The zero-order chi connectivity index (χ0) is 32.1. The fraction of sp³-hybridized carbons (Fsp3) is 0.438. The van der Waals surface area contributed by atoms with Gasteiger partial charge in [0.1, 0.15) is 5.75 Å². The van der Waals surface area contributed by atoms with E-state index in [-0.39, 0.29) is 30.1 Å². The van der Waals surface area contributed by atoms with E-state index in [1.807, 2.05) is 0 Å². The Hall–Kier alpha value is -4.26. The summed E-state index contributed by atoms with van der Waals surface area (Å²) in [7, 11) is 4.64. The van der Waals surface area contributed by atoms with Crippen molar-refractivity contribution in [1.82, 2.24) is 10.2 Å². The van der Waals surface area contributed by atoms with Gasteiger partial charge >= 0.3 is 0 Å². The number of hydrogen-bond donors (Lipinski definition) is 4. The van der Waals surface area contributed by atoms with Gasteiger partial charge in [-0.3, -0.25) is 33.7 Å². The molecule has 2 aromatic rings. The molecule has 2 fully saturated rings. The maximum absolute atomic E-state index is 14.0. The van der Waals surface area contributed by atoms with Crippen molar-refractivity contribution in [2.45, 2.75) is 30.9 Å². The fourth-order valence-electron chi connectivity index (χ4n) is 7.22. The molecule has 12 nitrogen and oxygen atoms in total. The third-order valence-corrected chi connectivity index (χ3v) is 9.19. The van der Waals surface area contributed by atoms with Crippen LogP contribution in [-0.2, 0) is 30.3 Å². The highest BCUT2D eigenvalue weighted by molar-refractivity contribution is 6.32. The number of rotatable bonds is 8. The third-order valence-electron chi connectivity index (χ3n) is 9.19. The number of hydrogen-bond acceptors (Lipinski definition) is 10. The predicted molar refractivity (Wildman–Crippen MR) is 156 cm³/mol. The van der Waals surface area contributed by atoms with Gasteiger partial charge in [0.05, 0.1) is 17.5 Å². The van der Waals surface area contributed by atoms with Gasteiger partial charge in [-0.15, -0.1) is 0 Å². The number of phenols is 1. The Morgan fingerprint density at radius 3 is 2.50 bits per heavy atom. The number of aromatic hydroxyl groups is 1. The van der Waals surface area contributed by atoms with Crippen LogP contribution in [0.5, 0.6) is 5.75 Å². The summed E-state index contributed by atoms with van der Waals surface area (Å²) in [4.78, 5) is 81.1. The normalized spacial score (nSPS) is 27.9. The molecule has 2 aromatic carbocycles. The van der Waals surface area contributed by atoms with Crippen molar-refractivity contribution in [2.75, 3.05) is 34.4 Å². The Labute approximate surface area is 253 Å². The average molecular weight is 606 g/mol. The molecule has 2 unspecified atom stereocenters. The Morgan fingerprint density at radius 1 is 1.11 bits per heavy atom. The van der Waals surface area contributed by atoms with Crippen molar-refractivity contribution in [2.24, 2.45) is 29.4 Å². The van der Waals surface area contributed by atoms with Crippen LogP contribution in [-0.4, -0.2) is 96.1 Å². The molecule has 5 N–H and O–H groups in total. The number of aliphatic hydroxyl groups is 1. The average Bonchev–Trinajstić information content (AvgIpc) is 2.97. The molecule has 6 atom stereocenters. The van der Waals surface area contributed by atoms with Gasteiger partial charge in [-0.25, -0.2) is 0 Å². The number of fused-ring (bicyclic) bond motifs is 3. The highest BCUT2D eigenvalue weighted by Crippen LogP contribution is 2.51. The summed E-state index contributed by atoms with van der Waals surface area (Å²) >= 11 is 0. The molecule has 0 bridgehead atoms. The molecule has 0 heterocycles. The number of nitrogens with one attached hydrogen (secondary N) is 1. The van der Waals surface area contributed by atoms with Crippen molar-refractivity contribution in [1.29, 1.82) is 0 Å². The lowest BCUT2D eigenvalue weighted by molar-refractivity contribution is -0.181. The van der Waals surface area contributed by atoms with E-state index >= 15 is 0 Å². The van der Waals surface area contributed by atoms with E-state index in [0.717, 1.165) is 0 Å². The summed E-state index contributed by atoms with van der Waals surface area (Å²) in [6.07, 6.45) is 0.702. The van der Waals surface area contributed by atoms with Gasteiger partial charge in [0, 0.05) is 31.7 Å². The Morgan fingerprint density at radius 2 is 1.84 bits per heavy atom. The van der Waals surface area contributed by atoms with Crippen LogP contribution >= 0.6 is 0 Å². The molecule has 232 valence electrons. The minimum atomic E-state index is -2.78. The number of likely N-dealkylation sites (N-methyl/N-ethyl adjacent to an activating group) is 1. The second-order valence-corrected chi connectivity index (χ2v) is 12.0. The lowest BCUT2D eigenvalue weighted by atomic mass is 9.52. The zero-order valence-corrected chi connectivity index (χ0v) is 24.7. The minimum absolute atomic E-state index is 0.0527. The Kier molecular flexibility index (Phi) is 8.27. The van der Waals surface area contributed by atoms with Crippen LogP contribution in [0.3, 0.4) is 0 Å². The second kappa shape index (κ2) is 11.7. The van der Waals surface area contributed by atoms with Gasteiger partial charge in [0.2, 0.25) is 5.91 Å². The lowest BCUT2D eigenvalue weighted by Crippen LogP contribution is -2.74. The largest absolute Gasteiger partial charge is 0.507 e. The third kappa shape index (κ3) is 4.83. The monoisotopic (exact) mass is 605 g/mol. The number of phenolic OH excluding ortho intramolecular Hbond substituents is 1. The first-order valence-electron chi connectivity index (χ1n) is 14.4. The van der Waals surface area contributed by atoms with Gasteiger partial charge in [-0.2, -0.15) is 0 Å². The smallest absolute Gasteiger partial charge is 0.251 e. The van der Waals surface area contributed by atoms with E-state index in [0.29, 0.717) is 41.8 Å². The first-order chi connectivity index (χ1) is 20.8. The van der Waals surface area contributed by atoms with Crippen LogP contribution in [0.4, 0.5) is 0 Å². The standard InChI is InChI=1S/C32H35N3O9/c1-35(2)25-20-14-17-13-19-18(15-6-4-7-16(12-15)31(42)34-10-5-11-44-3)8-9-21(36)23(19)26(37)22(17)28(39)32(20,43)29(40)24(27(25)38)30(33)41/h4,6-9,12,17,20,22,24-25,36,43H,5,10-11,13-14H2,1-3H3,(H2,33,41)(H,34,42)/t17-,20-,22?,24?,25-,32-/m0/s1. The molecular formula is C32H35N3O9. The highest BCUT2D eigenvalue weighted by atomic mass is 16.5. The van der Waals surface area contributed by atoms with E-state index in [1.54, 1.807) is 37.4 Å². The zero-order valence-electron chi connectivity index (χ0n) is 24.7. The lowest BCUT2D eigenvalue weighted by Gasteiger charge is -2.52. The minimum Gasteiger partial charge on any atom is -0.507 e. The number of nitrogens with two attached hydrogens (primary N) is 1. The molecular weight excluding hydrogens is 570 g/mol. The van der Waals surface area contributed by atoms with Crippen LogP contribution < -0.4 is 11.1 Å². The second-order valence-electron chi connectivity index (χ2n) is 12.0. The molecule has 2 saturated carbocycles. The molecule has 2 amide bonds. The van der Waals surface area contributed by atoms with Crippen molar-refractivity contribution in [3.8, 4) is 16.9 Å².